The van der Waals surface area contributed by atoms with Gasteiger partial charge in [0.05, 0.1) is 34.5 Å². The predicted molar refractivity (Wildman–Crippen MR) is 100 cm³/mol. The number of aromatic nitrogens is 2. The molecule has 3 rings (SSSR count). The van der Waals surface area contributed by atoms with Gasteiger partial charge < -0.3 is 9.64 Å². The van der Waals surface area contributed by atoms with Gasteiger partial charge >= 0.3 is 5.97 Å². The smallest absolute Gasteiger partial charge is 0.338 e. The third kappa shape index (κ3) is 4.05. The highest BCUT2D eigenvalue weighted by Crippen LogP contribution is 2.15. The van der Waals surface area contributed by atoms with Crippen LogP contribution in [0.25, 0.3) is 11.0 Å². The van der Waals surface area contributed by atoms with Crippen LogP contribution in [0.1, 0.15) is 26.6 Å². The fourth-order valence-electron chi connectivity index (χ4n) is 2.40. The molecule has 6 nitrogen and oxygen atoms in total. The zero-order chi connectivity index (χ0) is 18.7. The van der Waals surface area contributed by atoms with E-state index in [1.54, 1.807) is 36.6 Å². The van der Waals surface area contributed by atoms with E-state index in [-0.39, 0.29) is 12.5 Å². The van der Waals surface area contributed by atoms with Gasteiger partial charge in [-0.15, -0.1) is 11.3 Å². The zero-order valence-corrected chi connectivity index (χ0v) is 15.7. The molecule has 2 aromatic heterocycles. The van der Waals surface area contributed by atoms with Crippen molar-refractivity contribution in [3.05, 3.63) is 57.5 Å². The number of hydrogen-bond acceptors (Lipinski definition) is 6. The van der Waals surface area contributed by atoms with Gasteiger partial charge in [-0.05, 0) is 43.5 Å². The Balaban J connectivity index is 1.63. The molecule has 3 aromatic rings. The Morgan fingerprint density at radius 1 is 1.12 bits per heavy atom. The van der Waals surface area contributed by atoms with E-state index in [9.17, 15) is 9.59 Å². The van der Waals surface area contributed by atoms with Gasteiger partial charge in [0.15, 0.2) is 6.61 Å². The minimum absolute atomic E-state index is 0.251. The maximum Gasteiger partial charge on any atom is 0.338 e. The van der Waals surface area contributed by atoms with E-state index in [2.05, 4.69) is 9.97 Å². The van der Waals surface area contributed by atoms with Gasteiger partial charge in [0.1, 0.15) is 0 Å². The molecule has 0 aliphatic carbocycles. The number of likely N-dealkylation sites (N-methyl/N-ethyl adjacent to an activating group) is 1. The lowest BCUT2D eigenvalue weighted by Gasteiger charge is -2.16. The monoisotopic (exact) mass is 369 g/mol. The van der Waals surface area contributed by atoms with Crippen LogP contribution in [0.5, 0.6) is 0 Å². The van der Waals surface area contributed by atoms with Crippen molar-refractivity contribution in [2.45, 2.75) is 20.4 Å². The SMILES string of the molecule is Cc1nc2ccc(C(=O)OCC(=O)N(C)Cc3cccs3)cc2nc1C. The first-order valence-corrected chi connectivity index (χ1v) is 9.00. The van der Waals surface area contributed by atoms with Gasteiger partial charge in [0.2, 0.25) is 0 Å². The highest BCUT2D eigenvalue weighted by atomic mass is 32.1. The Morgan fingerprint density at radius 2 is 1.85 bits per heavy atom. The molecule has 1 amide bonds. The Bertz CT molecular complexity index is 954. The number of benzene rings is 1. The molecule has 0 N–H and O–H groups in total. The maximum absolute atomic E-state index is 12.2. The minimum Gasteiger partial charge on any atom is -0.452 e. The van der Waals surface area contributed by atoms with Crippen molar-refractivity contribution in [2.75, 3.05) is 13.7 Å². The summed E-state index contributed by atoms with van der Waals surface area (Å²) in [5.41, 5.74) is 3.37. The number of thiophene rings is 1. The molecule has 0 aliphatic rings. The first-order valence-electron chi connectivity index (χ1n) is 8.12. The van der Waals surface area contributed by atoms with Crippen molar-refractivity contribution in [1.29, 1.82) is 0 Å². The number of carbonyl (C=O) groups is 2. The molecular formula is C19H19N3O3S. The number of nitrogens with zero attached hydrogens (tertiary/aromatic N) is 3. The van der Waals surface area contributed by atoms with Crippen LogP contribution in [0.3, 0.4) is 0 Å². The van der Waals surface area contributed by atoms with Crippen molar-refractivity contribution >= 4 is 34.2 Å². The predicted octanol–water partition coefficient (Wildman–Crippen LogP) is 3.12. The lowest BCUT2D eigenvalue weighted by Crippen LogP contribution is -2.30. The number of carbonyl (C=O) groups excluding carboxylic acids is 2. The first-order chi connectivity index (χ1) is 12.4. The van der Waals surface area contributed by atoms with Gasteiger partial charge in [-0.3, -0.25) is 4.79 Å². The molecule has 134 valence electrons. The van der Waals surface area contributed by atoms with Gasteiger partial charge in [0.25, 0.3) is 5.91 Å². The summed E-state index contributed by atoms with van der Waals surface area (Å²) < 4.78 is 5.16. The summed E-state index contributed by atoms with van der Waals surface area (Å²) in [7, 11) is 1.69. The molecule has 2 heterocycles. The molecule has 0 radical (unpaired) electrons. The van der Waals surface area contributed by atoms with Crippen LogP contribution in [0.4, 0.5) is 0 Å². The standard InChI is InChI=1S/C19H19N3O3S/c1-12-13(2)21-17-9-14(6-7-16(17)20-12)19(24)25-11-18(23)22(3)10-15-5-4-8-26-15/h4-9H,10-11H2,1-3H3. The highest BCUT2D eigenvalue weighted by molar-refractivity contribution is 7.09. The molecule has 7 heteroatoms. The summed E-state index contributed by atoms with van der Waals surface area (Å²) >= 11 is 1.58. The Morgan fingerprint density at radius 3 is 2.54 bits per heavy atom. The Kier molecular flexibility index (Phi) is 5.27. The molecule has 1 aromatic carbocycles. The van der Waals surface area contributed by atoms with E-state index < -0.39 is 5.97 Å². The third-order valence-corrected chi connectivity index (χ3v) is 4.90. The summed E-state index contributed by atoms with van der Waals surface area (Å²) in [6.45, 7) is 3.96. The average Bonchev–Trinajstić information content (AvgIpc) is 3.12. The summed E-state index contributed by atoms with van der Waals surface area (Å²) in [6.07, 6.45) is 0. The molecule has 0 unspecified atom stereocenters. The summed E-state index contributed by atoms with van der Waals surface area (Å²) in [4.78, 5) is 35.9. The Hall–Kier alpha value is -2.80. The molecule has 0 aliphatic heterocycles. The second-order valence-electron chi connectivity index (χ2n) is 6.00. The number of rotatable bonds is 5. The van der Waals surface area contributed by atoms with Crippen molar-refractivity contribution in [3.8, 4) is 0 Å². The summed E-state index contributed by atoms with van der Waals surface area (Å²) in [5, 5.41) is 1.96. The molecule has 0 bridgehead atoms. The lowest BCUT2D eigenvalue weighted by molar-refractivity contribution is -0.133. The highest BCUT2D eigenvalue weighted by Gasteiger charge is 2.15. The lowest BCUT2D eigenvalue weighted by atomic mass is 10.2. The first kappa shape index (κ1) is 18.0. The molecular weight excluding hydrogens is 350 g/mol. The van der Waals surface area contributed by atoms with Crippen LogP contribution < -0.4 is 0 Å². The zero-order valence-electron chi connectivity index (χ0n) is 14.9. The number of amides is 1. The van der Waals surface area contributed by atoms with Gasteiger partial charge in [-0.2, -0.15) is 0 Å². The van der Waals surface area contributed by atoms with Crippen molar-refractivity contribution in [3.63, 3.8) is 0 Å². The topological polar surface area (TPSA) is 72.4 Å². The third-order valence-electron chi connectivity index (χ3n) is 4.04. The minimum atomic E-state index is -0.551. The van der Waals surface area contributed by atoms with E-state index in [1.807, 2.05) is 31.4 Å². The van der Waals surface area contributed by atoms with Crippen LogP contribution in [0.2, 0.25) is 0 Å². The second kappa shape index (κ2) is 7.61. The van der Waals surface area contributed by atoms with Crippen LogP contribution in [-0.2, 0) is 16.1 Å². The van der Waals surface area contributed by atoms with Crippen LogP contribution >= 0.6 is 11.3 Å². The van der Waals surface area contributed by atoms with Crippen LogP contribution in [0.15, 0.2) is 35.7 Å². The number of esters is 1. The van der Waals surface area contributed by atoms with Crippen molar-refractivity contribution in [1.82, 2.24) is 14.9 Å². The summed E-state index contributed by atoms with van der Waals surface area (Å²) in [5.74, 6) is -0.802. The molecule has 0 atom stereocenters. The van der Waals surface area contributed by atoms with Gasteiger partial charge in [0, 0.05) is 11.9 Å². The number of ether oxygens (including phenoxy) is 1. The van der Waals surface area contributed by atoms with E-state index in [1.165, 1.54) is 4.90 Å². The Labute approximate surface area is 155 Å². The normalized spacial score (nSPS) is 10.7. The molecule has 0 saturated heterocycles. The fourth-order valence-corrected chi connectivity index (χ4v) is 3.16. The second-order valence-corrected chi connectivity index (χ2v) is 7.04. The largest absolute Gasteiger partial charge is 0.452 e. The summed E-state index contributed by atoms with van der Waals surface area (Å²) in [6, 6.07) is 8.89. The van der Waals surface area contributed by atoms with Gasteiger partial charge in [-0.1, -0.05) is 6.07 Å². The van der Waals surface area contributed by atoms with E-state index >= 15 is 0 Å². The number of fused-ring (bicyclic) bond motifs is 1. The number of aryl methyl sites for hydroxylation is 2. The van der Waals surface area contributed by atoms with Crippen LogP contribution in [0, 0.1) is 13.8 Å². The molecule has 0 saturated carbocycles. The number of hydrogen-bond donors (Lipinski definition) is 0. The fraction of sp³-hybridized carbons (Fsp3) is 0.263. The average molecular weight is 369 g/mol. The van der Waals surface area contributed by atoms with Crippen LogP contribution in [-0.4, -0.2) is 40.4 Å². The van der Waals surface area contributed by atoms with Crippen molar-refractivity contribution in [2.24, 2.45) is 0 Å². The molecule has 0 spiro atoms. The van der Waals surface area contributed by atoms with Gasteiger partial charge in [-0.25, -0.2) is 14.8 Å². The quantitative estimate of drug-likeness (QED) is 0.646. The van der Waals surface area contributed by atoms with E-state index in [4.69, 9.17) is 4.74 Å². The maximum atomic E-state index is 12.2. The molecule has 0 fully saturated rings. The van der Waals surface area contributed by atoms with E-state index in [0.29, 0.717) is 17.6 Å². The molecule has 26 heavy (non-hydrogen) atoms. The van der Waals surface area contributed by atoms with E-state index in [0.717, 1.165) is 21.8 Å². The van der Waals surface area contributed by atoms with Crippen molar-refractivity contribution < 1.29 is 14.3 Å².